The van der Waals surface area contributed by atoms with Gasteiger partial charge in [-0.15, -0.1) is 0 Å². The fraction of sp³-hybridized carbons (Fsp3) is 0.240. The molecule has 3 nitrogen and oxygen atoms in total. The van der Waals surface area contributed by atoms with Crippen LogP contribution in [0.2, 0.25) is 0 Å². The molecule has 0 bridgehead atoms. The number of nitrogens with zero attached hydrogens (tertiary/aromatic N) is 3. The van der Waals surface area contributed by atoms with Crippen LogP contribution in [-0.2, 0) is 6.54 Å². The van der Waals surface area contributed by atoms with E-state index in [1.807, 2.05) is 0 Å². The summed E-state index contributed by atoms with van der Waals surface area (Å²) in [5.41, 5.74) is 4.94. The first kappa shape index (κ1) is 19.7. The molecule has 0 saturated carbocycles. The number of fused-ring (bicyclic) bond motifs is 1. The zero-order chi connectivity index (χ0) is 19.9. The van der Waals surface area contributed by atoms with E-state index in [1.165, 1.54) is 27.8 Å². The number of aromatic nitrogens is 1. The summed E-state index contributed by atoms with van der Waals surface area (Å²) in [7, 11) is 8.31. The number of aryl methyl sites for hydroxylation is 1. The van der Waals surface area contributed by atoms with Crippen LogP contribution in [0.25, 0.3) is 17.0 Å². The molecule has 3 aromatic rings. The van der Waals surface area contributed by atoms with E-state index in [2.05, 4.69) is 128 Å². The minimum Gasteiger partial charge on any atom is -0.378 e. The summed E-state index contributed by atoms with van der Waals surface area (Å²) < 4.78 is 2.31. The summed E-state index contributed by atoms with van der Waals surface area (Å²) in [6, 6.07) is 19.4. The van der Waals surface area contributed by atoms with Crippen LogP contribution in [0.5, 0.6) is 0 Å². The first-order valence-electron chi connectivity index (χ1n) is 9.75. The number of hydrogen-bond donors (Lipinski definition) is 0. The van der Waals surface area contributed by atoms with Crippen LogP contribution in [0.3, 0.4) is 0 Å². The second kappa shape index (κ2) is 9.23. The highest BCUT2D eigenvalue weighted by atomic mass is 15.1. The van der Waals surface area contributed by atoms with E-state index in [0.717, 1.165) is 13.0 Å². The zero-order valence-electron chi connectivity index (χ0n) is 17.3. The lowest BCUT2D eigenvalue weighted by Gasteiger charge is -2.20. The molecule has 0 radical (unpaired) electrons. The average molecular weight is 373 g/mol. The first-order chi connectivity index (χ1) is 13.6. The molecule has 3 heteroatoms. The van der Waals surface area contributed by atoms with Gasteiger partial charge in [-0.2, -0.15) is 4.57 Å². The second-order valence-electron chi connectivity index (χ2n) is 7.37. The Bertz CT molecular complexity index is 979. The Morgan fingerprint density at radius 2 is 1.64 bits per heavy atom. The Labute approximate surface area is 168 Å². The van der Waals surface area contributed by atoms with Crippen molar-refractivity contribution in [1.29, 1.82) is 0 Å². The number of allylic oxidation sites excluding steroid dienone is 3. The maximum Gasteiger partial charge on any atom is 0.212 e. The molecule has 0 aliphatic heterocycles. The largest absolute Gasteiger partial charge is 0.378 e. The molecule has 28 heavy (non-hydrogen) atoms. The van der Waals surface area contributed by atoms with Crippen LogP contribution >= 0.6 is 0 Å². The van der Waals surface area contributed by atoms with E-state index in [-0.39, 0.29) is 0 Å². The van der Waals surface area contributed by atoms with Crippen LogP contribution in [0.4, 0.5) is 11.4 Å². The summed E-state index contributed by atoms with van der Waals surface area (Å²) in [5, 5.41) is 1.28. The van der Waals surface area contributed by atoms with E-state index in [1.54, 1.807) is 0 Å². The Morgan fingerprint density at radius 3 is 2.43 bits per heavy atom. The molecule has 0 N–H and O–H groups in total. The minimum atomic E-state index is 0.978. The highest BCUT2D eigenvalue weighted by Crippen LogP contribution is 2.26. The van der Waals surface area contributed by atoms with Gasteiger partial charge >= 0.3 is 0 Å². The number of rotatable bonds is 7. The van der Waals surface area contributed by atoms with Gasteiger partial charge in [-0.25, -0.2) is 0 Å². The van der Waals surface area contributed by atoms with Crippen molar-refractivity contribution in [3.63, 3.8) is 0 Å². The maximum atomic E-state index is 2.31. The van der Waals surface area contributed by atoms with Gasteiger partial charge in [0.2, 0.25) is 5.52 Å². The van der Waals surface area contributed by atoms with Gasteiger partial charge in [0.15, 0.2) is 12.7 Å². The van der Waals surface area contributed by atoms with Gasteiger partial charge in [-0.1, -0.05) is 42.5 Å². The van der Waals surface area contributed by atoms with Crippen LogP contribution < -0.4 is 14.4 Å². The van der Waals surface area contributed by atoms with Crippen molar-refractivity contribution in [2.24, 2.45) is 0 Å². The average Bonchev–Trinajstić information content (AvgIpc) is 2.70. The summed E-state index contributed by atoms with van der Waals surface area (Å²) in [6.45, 7) is 0.978. The van der Waals surface area contributed by atoms with E-state index in [0.29, 0.717) is 0 Å². The molecule has 0 aliphatic carbocycles. The third-order valence-corrected chi connectivity index (χ3v) is 4.86. The van der Waals surface area contributed by atoms with Gasteiger partial charge in [-0.05, 0) is 29.8 Å². The van der Waals surface area contributed by atoms with E-state index in [4.69, 9.17) is 0 Å². The number of hydrogen-bond acceptors (Lipinski definition) is 2. The SMILES string of the molecule is CN(C)c1ccc(C=CC=CCC[n+]2cccc3ccccc32)c(N(C)C)c1. The fourth-order valence-electron chi connectivity index (χ4n) is 3.30. The monoisotopic (exact) mass is 372 g/mol. The standard InChI is InChI=1S/C25H30N3/c1-26(2)23-17-16-22(25(20-23)27(3)4)12-7-5-6-10-18-28-19-11-14-21-13-8-9-15-24(21)28/h5-9,11-17,19-20H,10,18H2,1-4H3/q+1. The maximum absolute atomic E-state index is 2.31. The van der Waals surface area contributed by atoms with Gasteiger partial charge in [0.05, 0.1) is 0 Å². The van der Waals surface area contributed by atoms with Crippen LogP contribution in [-0.4, -0.2) is 28.2 Å². The van der Waals surface area contributed by atoms with Crippen molar-refractivity contribution in [3.8, 4) is 0 Å². The predicted molar refractivity (Wildman–Crippen MR) is 122 cm³/mol. The van der Waals surface area contributed by atoms with Crippen molar-refractivity contribution in [2.75, 3.05) is 38.0 Å². The summed E-state index contributed by atoms with van der Waals surface area (Å²) in [5.74, 6) is 0. The van der Waals surface area contributed by atoms with E-state index < -0.39 is 0 Å². The van der Waals surface area contributed by atoms with Gasteiger partial charge in [-0.3, -0.25) is 0 Å². The lowest BCUT2D eigenvalue weighted by molar-refractivity contribution is -0.670. The highest BCUT2D eigenvalue weighted by molar-refractivity contribution is 5.75. The summed E-state index contributed by atoms with van der Waals surface area (Å²) in [6.07, 6.45) is 11.8. The molecule has 0 unspecified atom stereocenters. The van der Waals surface area contributed by atoms with Crippen molar-refractivity contribution in [2.45, 2.75) is 13.0 Å². The zero-order valence-corrected chi connectivity index (χ0v) is 17.3. The van der Waals surface area contributed by atoms with E-state index >= 15 is 0 Å². The molecule has 1 aromatic heterocycles. The van der Waals surface area contributed by atoms with Crippen LogP contribution in [0.1, 0.15) is 12.0 Å². The Kier molecular flexibility index (Phi) is 6.49. The van der Waals surface area contributed by atoms with E-state index in [9.17, 15) is 0 Å². The van der Waals surface area contributed by atoms with Gasteiger partial charge in [0.25, 0.3) is 0 Å². The van der Waals surface area contributed by atoms with Gasteiger partial charge in [0.1, 0.15) is 0 Å². The molecular formula is C25H30N3+. The molecule has 2 aromatic carbocycles. The van der Waals surface area contributed by atoms with Crippen molar-refractivity contribution in [1.82, 2.24) is 0 Å². The normalized spacial score (nSPS) is 11.6. The number of para-hydroxylation sites is 1. The quantitative estimate of drug-likeness (QED) is 0.430. The van der Waals surface area contributed by atoms with Crippen molar-refractivity contribution in [3.05, 3.63) is 84.6 Å². The molecule has 0 atom stereocenters. The second-order valence-corrected chi connectivity index (χ2v) is 7.37. The molecule has 1 heterocycles. The summed E-state index contributed by atoms with van der Waals surface area (Å²) >= 11 is 0. The topological polar surface area (TPSA) is 10.4 Å². The molecular weight excluding hydrogens is 342 g/mol. The van der Waals surface area contributed by atoms with Crippen molar-refractivity contribution >= 4 is 28.4 Å². The third kappa shape index (κ3) is 4.80. The minimum absolute atomic E-state index is 0.978. The smallest absolute Gasteiger partial charge is 0.212 e. The number of anilines is 2. The lowest BCUT2D eigenvalue weighted by atomic mass is 10.1. The Hall–Kier alpha value is -3.07. The summed E-state index contributed by atoms with van der Waals surface area (Å²) in [4.78, 5) is 4.29. The predicted octanol–water partition coefficient (Wildman–Crippen LogP) is 4.92. The molecule has 0 saturated heterocycles. The van der Waals surface area contributed by atoms with Crippen molar-refractivity contribution < 1.29 is 4.57 Å². The van der Waals surface area contributed by atoms with Gasteiger partial charge in [0, 0.05) is 63.5 Å². The first-order valence-corrected chi connectivity index (χ1v) is 9.75. The van der Waals surface area contributed by atoms with Crippen LogP contribution in [0.15, 0.2) is 79.0 Å². The Balaban J connectivity index is 1.64. The van der Waals surface area contributed by atoms with Crippen LogP contribution in [0, 0.1) is 0 Å². The van der Waals surface area contributed by atoms with Gasteiger partial charge < -0.3 is 9.80 Å². The molecule has 144 valence electrons. The molecule has 3 rings (SSSR count). The fourth-order valence-corrected chi connectivity index (χ4v) is 3.30. The third-order valence-electron chi connectivity index (χ3n) is 4.86. The lowest BCUT2D eigenvalue weighted by Crippen LogP contribution is -2.33. The number of benzene rings is 2. The molecule has 0 fully saturated rings. The Morgan fingerprint density at radius 1 is 0.857 bits per heavy atom. The highest BCUT2D eigenvalue weighted by Gasteiger charge is 2.06. The molecule has 0 aliphatic rings. The number of pyridine rings is 1. The molecule has 0 amide bonds. The molecule has 0 spiro atoms.